The first-order valence-corrected chi connectivity index (χ1v) is 7.91. The molecule has 2 N–H and O–H groups in total. The normalized spacial score (nSPS) is 10.3. The maximum atomic E-state index is 11.9. The van der Waals surface area contributed by atoms with E-state index in [4.69, 9.17) is 39.5 Å². The van der Waals surface area contributed by atoms with Crippen LogP contribution in [0.5, 0.6) is 5.75 Å². The number of carbonyl (C=O) groups excluding carboxylic acids is 1. The molecule has 0 fully saturated rings. The Morgan fingerprint density at radius 3 is 2.26 bits per heavy atom. The Morgan fingerprint density at radius 2 is 1.70 bits per heavy atom. The highest BCUT2D eigenvalue weighted by Gasteiger charge is 2.09. The van der Waals surface area contributed by atoms with Crippen LogP contribution in [0.25, 0.3) is 0 Å². The molecule has 2 rings (SSSR count). The van der Waals surface area contributed by atoms with Gasteiger partial charge in [-0.05, 0) is 29.8 Å². The van der Waals surface area contributed by atoms with Crippen molar-refractivity contribution in [3.8, 4) is 5.75 Å². The molecule has 2 aromatic rings. The molecule has 0 radical (unpaired) electrons. The van der Waals surface area contributed by atoms with E-state index in [-0.39, 0.29) is 12.5 Å². The number of hydrogen-bond acceptors (Lipinski definition) is 3. The molecule has 0 saturated carbocycles. The number of benzene rings is 2. The van der Waals surface area contributed by atoms with E-state index in [1.54, 1.807) is 24.3 Å². The van der Waals surface area contributed by atoms with Crippen LogP contribution in [0.2, 0.25) is 15.1 Å². The fourth-order valence-electron chi connectivity index (χ4n) is 1.90. The number of hydrogen-bond donors (Lipinski definition) is 2. The molecule has 0 atom stereocenters. The predicted molar refractivity (Wildman–Crippen MR) is 94.8 cm³/mol. The number of rotatable bonds is 6. The molecule has 0 saturated heterocycles. The van der Waals surface area contributed by atoms with Gasteiger partial charge in [0.25, 0.3) is 0 Å². The van der Waals surface area contributed by atoms with Crippen LogP contribution >= 0.6 is 34.8 Å². The van der Waals surface area contributed by atoms with Crippen molar-refractivity contribution in [3.63, 3.8) is 0 Å². The Bertz CT molecular complexity index is 667. The van der Waals surface area contributed by atoms with Gasteiger partial charge in [0.2, 0.25) is 5.91 Å². The lowest BCUT2D eigenvalue weighted by Gasteiger charge is -2.11. The highest BCUT2D eigenvalue weighted by Crippen LogP contribution is 2.35. The van der Waals surface area contributed by atoms with Crippen LogP contribution in [0.1, 0.15) is 5.56 Å². The van der Waals surface area contributed by atoms with Crippen molar-refractivity contribution >= 4 is 46.4 Å². The summed E-state index contributed by atoms with van der Waals surface area (Å²) in [6.45, 7) is 0.536. The van der Waals surface area contributed by atoms with Gasteiger partial charge in [0.15, 0.2) is 5.75 Å². The quantitative estimate of drug-likeness (QED) is 0.790. The molecule has 0 aliphatic rings. The minimum Gasteiger partial charge on any atom is -0.494 e. The van der Waals surface area contributed by atoms with Gasteiger partial charge in [0, 0.05) is 17.3 Å². The van der Waals surface area contributed by atoms with E-state index >= 15 is 0 Å². The molecule has 0 aromatic heterocycles. The Labute approximate surface area is 149 Å². The molecule has 2 aromatic carbocycles. The average Bonchev–Trinajstić information content (AvgIpc) is 2.52. The molecule has 0 unspecified atom stereocenters. The lowest BCUT2D eigenvalue weighted by Crippen LogP contribution is -2.29. The van der Waals surface area contributed by atoms with Crippen LogP contribution in [-0.4, -0.2) is 19.6 Å². The molecule has 122 valence electrons. The smallest absolute Gasteiger partial charge is 0.239 e. The average molecular weight is 374 g/mol. The second-order valence-electron chi connectivity index (χ2n) is 4.73. The van der Waals surface area contributed by atoms with E-state index in [0.717, 1.165) is 5.56 Å². The van der Waals surface area contributed by atoms with Crippen molar-refractivity contribution in [1.29, 1.82) is 0 Å². The van der Waals surface area contributed by atoms with Gasteiger partial charge in [-0.1, -0.05) is 46.9 Å². The fraction of sp³-hybridized carbons (Fsp3) is 0.188. The maximum absolute atomic E-state index is 11.9. The summed E-state index contributed by atoms with van der Waals surface area (Å²) in [5, 5.41) is 7.19. The van der Waals surface area contributed by atoms with Crippen LogP contribution in [0.15, 0.2) is 36.4 Å². The first-order valence-electron chi connectivity index (χ1n) is 6.77. The fourth-order valence-corrected chi connectivity index (χ4v) is 2.67. The van der Waals surface area contributed by atoms with Crippen molar-refractivity contribution < 1.29 is 9.53 Å². The number of halogens is 3. The summed E-state index contributed by atoms with van der Waals surface area (Å²) in [6, 6.07) is 10.6. The zero-order chi connectivity index (χ0) is 16.8. The summed E-state index contributed by atoms with van der Waals surface area (Å²) in [6.07, 6.45) is 0. The SMILES string of the molecule is COc1c(Cl)cc(NCC(=O)NCc2ccc(Cl)cc2)cc1Cl. The largest absolute Gasteiger partial charge is 0.494 e. The third-order valence-electron chi connectivity index (χ3n) is 3.06. The Hall–Kier alpha value is -1.62. The standard InChI is InChI=1S/C16H15Cl3N2O2/c1-23-16-13(18)6-12(7-14(16)19)20-9-15(22)21-8-10-2-4-11(17)5-3-10/h2-7,20H,8-9H2,1H3,(H,21,22). The van der Waals surface area contributed by atoms with Gasteiger partial charge in [-0.2, -0.15) is 0 Å². The molecule has 0 bridgehead atoms. The van der Waals surface area contributed by atoms with E-state index in [2.05, 4.69) is 10.6 Å². The summed E-state index contributed by atoms with van der Waals surface area (Å²) in [5.41, 5.74) is 1.61. The number of anilines is 1. The molecule has 4 nitrogen and oxygen atoms in total. The zero-order valence-corrected chi connectivity index (χ0v) is 14.6. The van der Waals surface area contributed by atoms with Crippen molar-refractivity contribution in [3.05, 3.63) is 57.0 Å². The highest BCUT2D eigenvalue weighted by atomic mass is 35.5. The summed E-state index contributed by atoms with van der Waals surface area (Å²) >= 11 is 17.9. The van der Waals surface area contributed by atoms with Crippen LogP contribution in [-0.2, 0) is 11.3 Å². The monoisotopic (exact) mass is 372 g/mol. The first kappa shape index (κ1) is 17.7. The lowest BCUT2D eigenvalue weighted by molar-refractivity contribution is -0.119. The van der Waals surface area contributed by atoms with Crippen LogP contribution in [0.3, 0.4) is 0 Å². The molecular formula is C16H15Cl3N2O2. The molecule has 0 spiro atoms. The third-order valence-corrected chi connectivity index (χ3v) is 3.87. The topological polar surface area (TPSA) is 50.4 Å². The number of ether oxygens (including phenoxy) is 1. The number of carbonyl (C=O) groups is 1. The van der Waals surface area contributed by atoms with Gasteiger partial charge in [0.1, 0.15) is 0 Å². The van der Waals surface area contributed by atoms with Crippen molar-refractivity contribution in [2.75, 3.05) is 19.0 Å². The van der Waals surface area contributed by atoms with Gasteiger partial charge in [-0.25, -0.2) is 0 Å². The summed E-state index contributed by atoms with van der Waals surface area (Å²) in [7, 11) is 1.49. The van der Waals surface area contributed by atoms with E-state index in [1.807, 2.05) is 12.1 Å². The van der Waals surface area contributed by atoms with Crippen LogP contribution in [0.4, 0.5) is 5.69 Å². The second-order valence-corrected chi connectivity index (χ2v) is 5.98. The van der Waals surface area contributed by atoms with E-state index in [0.29, 0.717) is 33.0 Å². The summed E-state index contributed by atoms with van der Waals surface area (Å²) in [4.78, 5) is 11.9. The van der Waals surface area contributed by atoms with Crippen molar-refractivity contribution in [2.45, 2.75) is 6.54 Å². The minimum absolute atomic E-state index is 0.104. The van der Waals surface area contributed by atoms with E-state index in [1.165, 1.54) is 7.11 Å². The summed E-state index contributed by atoms with van der Waals surface area (Å²) in [5.74, 6) is 0.258. The minimum atomic E-state index is -0.150. The first-order chi connectivity index (χ1) is 11.0. The molecule has 0 aliphatic heterocycles. The maximum Gasteiger partial charge on any atom is 0.239 e. The molecule has 7 heteroatoms. The number of nitrogens with one attached hydrogen (secondary N) is 2. The van der Waals surface area contributed by atoms with Gasteiger partial charge in [-0.15, -0.1) is 0 Å². The van der Waals surface area contributed by atoms with Gasteiger partial charge >= 0.3 is 0 Å². The highest BCUT2D eigenvalue weighted by molar-refractivity contribution is 6.37. The predicted octanol–water partition coefficient (Wildman–Crippen LogP) is 4.38. The molecule has 0 aliphatic carbocycles. The van der Waals surface area contributed by atoms with Gasteiger partial charge < -0.3 is 15.4 Å². The molecule has 1 amide bonds. The van der Waals surface area contributed by atoms with Crippen molar-refractivity contribution in [1.82, 2.24) is 5.32 Å². The molecule has 23 heavy (non-hydrogen) atoms. The van der Waals surface area contributed by atoms with E-state index in [9.17, 15) is 4.79 Å². The van der Waals surface area contributed by atoms with Crippen LogP contribution < -0.4 is 15.4 Å². The van der Waals surface area contributed by atoms with Gasteiger partial charge in [0.05, 0.1) is 23.7 Å². The van der Waals surface area contributed by atoms with Crippen molar-refractivity contribution in [2.24, 2.45) is 0 Å². The Balaban J connectivity index is 1.86. The third kappa shape index (κ3) is 5.20. The second kappa shape index (κ2) is 8.29. The molecular weight excluding hydrogens is 359 g/mol. The summed E-state index contributed by atoms with van der Waals surface area (Å²) < 4.78 is 5.07. The number of amides is 1. The van der Waals surface area contributed by atoms with E-state index < -0.39 is 0 Å². The molecule has 0 heterocycles. The Kier molecular flexibility index (Phi) is 6.39. The van der Waals surface area contributed by atoms with Gasteiger partial charge in [-0.3, -0.25) is 4.79 Å². The lowest BCUT2D eigenvalue weighted by atomic mass is 10.2. The number of methoxy groups -OCH3 is 1. The Morgan fingerprint density at radius 1 is 1.09 bits per heavy atom. The van der Waals surface area contributed by atoms with Crippen LogP contribution in [0, 0.1) is 0 Å². The zero-order valence-electron chi connectivity index (χ0n) is 12.3.